The van der Waals surface area contributed by atoms with Crippen molar-refractivity contribution in [2.45, 2.75) is 43.8 Å². The molecule has 2 aliphatic rings. The van der Waals surface area contributed by atoms with E-state index in [1.54, 1.807) is 29.3 Å². The van der Waals surface area contributed by atoms with Gasteiger partial charge in [-0.1, -0.05) is 41.5 Å². The number of carbonyl (C=O) groups is 1. The zero-order valence-corrected chi connectivity index (χ0v) is 28.9. The van der Waals surface area contributed by atoms with E-state index in [1.165, 1.54) is 34.2 Å². The maximum Gasteiger partial charge on any atom is 0.416 e. The van der Waals surface area contributed by atoms with Crippen molar-refractivity contribution in [3.63, 3.8) is 0 Å². The van der Waals surface area contributed by atoms with Crippen LogP contribution < -0.4 is 5.43 Å². The smallest absolute Gasteiger partial charge is 0.283 e. The molecule has 2 aliphatic heterocycles. The molecule has 1 N–H and O–H groups in total. The van der Waals surface area contributed by atoms with Crippen LogP contribution >= 0.6 is 34.5 Å². The van der Waals surface area contributed by atoms with Crippen LogP contribution in [0, 0.1) is 11.8 Å². The number of aromatic nitrogens is 2. The second kappa shape index (κ2) is 14.4. The molecule has 0 spiro atoms. The summed E-state index contributed by atoms with van der Waals surface area (Å²) in [6.45, 7) is 0.960. The summed E-state index contributed by atoms with van der Waals surface area (Å²) in [5.74, 6) is 4.55. The van der Waals surface area contributed by atoms with Crippen molar-refractivity contribution in [2.24, 2.45) is 0 Å². The van der Waals surface area contributed by atoms with E-state index >= 15 is 0 Å². The predicted octanol–water partition coefficient (Wildman–Crippen LogP) is 7.33. The minimum absolute atomic E-state index is 0.00792. The Morgan fingerprint density at radius 3 is 2.39 bits per heavy atom. The molecule has 49 heavy (non-hydrogen) atoms. The fraction of sp³-hybridized carbons (Fsp3) is 0.333. The molecule has 1 amide bonds. The Bertz CT molecular complexity index is 2030. The molecule has 2 aromatic carbocycles. The Balaban J connectivity index is 1.46. The Morgan fingerprint density at radius 1 is 1.00 bits per heavy atom. The molecule has 4 heterocycles. The molecule has 0 radical (unpaired) electrons. The molecule has 0 bridgehead atoms. The number of thiophene rings is 1. The zero-order valence-electron chi connectivity index (χ0n) is 25.7. The van der Waals surface area contributed by atoms with Gasteiger partial charge in [0.1, 0.15) is 6.17 Å². The number of carbonyl (C=O) groups excluding carboxylic acids is 1. The van der Waals surface area contributed by atoms with Crippen molar-refractivity contribution < 1.29 is 30.8 Å². The van der Waals surface area contributed by atoms with Crippen molar-refractivity contribution in [2.75, 3.05) is 26.2 Å². The summed E-state index contributed by atoms with van der Waals surface area (Å²) in [5.41, 5.74) is 2.98. The van der Waals surface area contributed by atoms with Crippen LogP contribution in [0.25, 0.3) is 16.3 Å². The van der Waals surface area contributed by atoms with Crippen LogP contribution in [0.2, 0.25) is 10.0 Å². The Hall–Kier alpha value is -3.45. The van der Waals surface area contributed by atoms with E-state index < -0.39 is 39.6 Å². The molecule has 8 nitrogen and oxygen atoms in total. The van der Waals surface area contributed by atoms with Gasteiger partial charge in [-0.05, 0) is 73.9 Å². The number of hydrogen-bond acceptors (Lipinski definition) is 6. The highest BCUT2D eigenvalue weighted by Gasteiger charge is 2.36. The molecule has 1 atom stereocenters. The van der Waals surface area contributed by atoms with Crippen LogP contribution in [0.4, 0.5) is 17.6 Å². The van der Waals surface area contributed by atoms with E-state index in [2.05, 4.69) is 22.4 Å². The molecule has 258 valence electrons. The molecule has 0 saturated carbocycles. The van der Waals surface area contributed by atoms with Gasteiger partial charge in [0, 0.05) is 42.3 Å². The minimum Gasteiger partial charge on any atom is -0.283 e. The van der Waals surface area contributed by atoms with Gasteiger partial charge in [0.2, 0.25) is 10.0 Å². The van der Waals surface area contributed by atoms with Crippen LogP contribution in [-0.4, -0.2) is 65.8 Å². The number of nitrogens with one attached hydrogen (secondary N) is 1. The summed E-state index contributed by atoms with van der Waals surface area (Å²) < 4.78 is 83.1. The molecule has 4 aromatic rings. The van der Waals surface area contributed by atoms with Crippen molar-refractivity contribution in [1.29, 1.82) is 0 Å². The number of benzene rings is 2. The lowest BCUT2D eigenvalue weighted by Crippen LogP contribution is -2.45. The van der Waals surface area contributed by atoms with Gasteiger partial charge >= 0.3 is 6.18 Å². The highest BCUT2D eigenvalue weighted by molar-refractivity contribution is 7.88. The molecule has 16 heteroatoms. The van der Waals surface area contributed by atoms with Crippen molar-refractivity contribution in [3.8, 4) is 28.1 Å². The molecule has 0 unspecified atom stereocenters. The third-order valence-corrected chi connectivity index (χ3v) is 11.5. The van der Waals surface area contributed by atoms with Gasteiger partial charge in [0.25, 0.3) is 5.91 Å². The summed E-state index contributed by atoms with van der Waals surface area (Å²) in [6, 6.07) is 12.5. The number of piperidine rings is 1. The standard InChI is InChI=1S/C33H29Cl2F4N5O3S2/c34-23-9-12-28(27(35)18-23)44-31(29-13-11-25(48-29)10-6-21-4-7-22(8-5-21)33(37,38)39)26(20-49(46,47)43-17-14-24(36)19-43)30(40-44)32(45)41-42-15-2-1-3-16-42/h4-5,7-9,11-13,18,24H,1-3,14-17,19-20H2,(H,41,45)/t24-/m0/s1. The Morgan fingerprint density at radius 2 is 1.73 bits per heavy atom. The first-order valence-electron chi connectivity index (χ1n) is 15.3. The van der Waals surface area contributed by atoms with Crippen molar-refractivity contribution in [3.05, 3.63) is 91.9 Å². The van der Waals surface area contributed by atoms with E-state index in [-0.39, 0.29) is 41.5 Å². The molecule has 6 rings (SSSR count). The molecule has 2 fully saturated rings. The molecule has 2 saturated heterocycles. The normalized spacial score (nSPS) is 17.6. The average molecular weight is 755 g/mol. The summed E-state index contributed by atoms with van der Waals surface area (Å²) in [4.78, 5) is 14.9. The van der Waals surface area contributed by atoms with E-state index in [0.29, 0.717) is 39.1 Å². The third kappa shape index (κ3) is 8.14. The fourth-order valence-electron chi connectivity index (χ4n) is 5.67. The number of amides is 1. The monoisotopic (exact) mass is 753 g/mol. The zero-order chi connectivity index (χ0) is 34.9. The predicted molar refractivity (Wildman–Crippen MR) is 181 cm³/mol. The SMILES string of the molecule is O=C(NN1CCCCC1)c1nn(-c2ccc(Cl)cc2Cl)c(-c2ccc(C#Cc3ccc(C(F)(F)F)cc3)s2)c1CS(=O)(=O)N1CC[C@H](F)C1. The number of hydrazine groups is 1. The first-order chi connectivity index (χ1) is 23.3. The Kier molecular flexibility index (Phi) is 10.4. The number of halogens is 6. The minimum atomic E-state index is -4.47. The van der Waals surface area contributed by atoms with Gasteiger partial charge in [-0.2, -0.15) is 22.6 Å². The number of nitrogens with zero attached hydrogens (tertiary/aromatic N) is 4. The lowest BCUT2D eigenvalue weighted by molar-refractivity contribution is -0.137. The fourth-order valence-corrected chi connectivity index (χ4v) is 8.67. The summed E-state index contributed by atoms with van der Waals surface area (Å²) >= 11 is 14.0. The second-order valence-electron chi connectivity index (χ2n) is 11.7. The molecular formula is C33H29Cl2F4N5O3S2. The molecule has 0 aliphatic carbocycles. The maximum atomic E-state index is 14.1. The van der Waals surface area contributed by atoms with Gasteiger partial charge in [0.05, 0.1) is 37.5 Å². The highest BCUT2D eigenvalue weighted by Crippen LogP contribution is 2.38. The topological polar surface area (TPSA) is 87.5 Å². The maximum absolute atomic E-state index is 14.1. The first-order valence-corrected chi connectivity index (χ1v) is 18.5. The lowest BCUT2D eigenvalue weighted by Gasteiger charge is -2.26. The number of hydrogen-bond donors (Lipinski definition) is 1. The van der Waals surface area contributed by atoms with E-state index in [0.717, 1.165) is 35.7 Å². The average Bonchev–Trinajstić information content (AvgIpc) is 3.79. The van der Waals surface area contributed by atoms with Gasteiger partial charge < -0.3 is 0 Å². The van der Waals surface area contributed by atoms with Gasteiger partial charge in [-0.15, -0.1) is 11.3 Å². The van der Waals surface area contributed by atoms with Crippen LogP contribution in [0.5, 0.6) is 0 Å². The van der Waals surface area contributed by atoms with Crippen LogP contribution in [0.15, 0.2) is 54.6 Å². The van der Waals surface area contributed by atoms with Gasteiger partial charge in [-0.25, -0.2) is 22.5 Å². The van der Waals surface area contributed by atoms with Crippen LogP contribution in [-0.2, 0) is 22.0 Å². The quantitative estimate of drug-likeness (QED) is 0.158. The van der Waals surface area contributed by atoms with Crippen molar-refractivity contribution in [1.82, 2.24) is 24.5 Å². The lowest BCUT2D eigenvalue weighted by atomic mass is 10.1. The second-order valence-corrected chi connectivity index (χ2v) is 15.6. The highest BCUT2D eigenvalue weighted by atomic mass is 35.5. The Labute approximate surface area is 294 Å². The molecular weight excluding hydrogens is 725 g/mol. The number of sulfonamides is 1. The van der Waals surface area contributed by atoms with E-state index in [1.807, 2.05) is 0 Å². The summed E-state index contributed by atoms with van der Waals surface area (Å²) in [5, 5.41) is 6.95. The largest absolute Gasteiger partial charge is 0.416 e. The number of alkyl halides is 4. The summed E-state index contributed by atoms with van der Waals surface area (Å²) in [6.07, 6.45) is -2.91. The van der Waals surface area contributed by atoms with Crippen LogP contribution in [0.1, 0.15) is 57.7 Å². The molecule has 2 aromatic heterocycles. The van der Waals surface area contributed by atoms with Crippen LogP contribution in [0.3, 0.4) is 0 Å². The van der Waals surface area contributed by atoms with E-state index in [9.17, 15) is 30.8 Å². The van der Waals surface area contributed by atoms with Gasteiger partial charge in [-0.3, -0.25) is 10.2 Å². The third-order valence-electron chi connectivity index (χ3n) is 8.15. The first kappa shape index (κ1) is 35.4. The summed E-state index contributed by atoms with van der Waals surface area (Å²) in [7, 11) is -4.12. The van der Waals surface area contributed by atoms with Crippen molar-refractivity contribution >= 4 is 50.5 Å². The number of rotatable bonds is 7. The van der Waals surface area contributed by atoms with E-state index in [4.69, 9.17) is 23.2 Å². The van der Waals surface area contributed by atoms with Gasteiger partial charge in [0.15, 0.2) is 5.69 Å².